The van der Waals surface area contributed by atoms with Crippen LogP contribution in [-0.2, 0) is 9.47 Å². The predicted octanol–water partition coefficient (Wildman–Crippen LogP) is 2.66. The Balaban J connectivity index is 2.26. The zero-order chi connectivity index (χ0) is 17.4. The van der Waals surface area contributed by atoms with Crippen LogP contribution in [0.15, 0.2) is 35.1 Å². The number of anilines is 4. The second-order valence-corrected chi connectivity index (χ2v) is 5.89. The molecule has 2 rings (SSSR count). The lowest BCUT2D eigenvalue weighted by Gasteiger charge is -2.25. The van der Waals surface area contributed by atoms with Crippen LogP contribution in [0.2, 0.25) is 0 Å². The summed E-state index contributed by atoms with van der Waals surface area (Å²) in [5.41, 5.74) is 7.67. The van der Waals surface area contributed by atoms with E-state index in [0.29, 0.717) is 43.6 Å². The SMILES string of the molecule is COCCN(CCOC)c1ncnc(Nc2ccccc2Br)c1N. The van der Waals surface area contributed by atoms with Crippen LogP contribution in [0.25, 0.3) is 0 Å². The van der Waals surface area contributed by atoms with Gasteiger partial charge in [0, 0.05) is 31.8 Å². The Kier molecular flexibility index (Phi) is 7.23. The van der Waals surface area contributed by atoms with Gasteiger partial charge in [0.05, 0.1) is 18.9 Å². The lowest BCUT2D eigenvalue weighted by Crippen LogP contribution is -2.32. The van der Waals surface area contributed by atoms with E-state index in [1.54, 1.807) is 14.2 Å². The van der Waals surface area contributed by atoms with Gasteiger partial charge in [-0.3, -0.25) is 0 Å². The molecule has 7 nitrogen and oxygen atoms in total. The number of halogens is 1. The second kappa shape index (κ2) is 9.41. The first-order valence-electron chi connectivity index (χ1n) is 7.52. The maximum Gasteiger partial charge on any atom is 0.159 e. The predicted molar refractivity (Wildman–Crippen MR) is 99.8 cm³/mol. The molecular formula is C16H22BrN5O2. The Labute approximate surface area is 150 Å². The fourth-order valence-corrected chi connectivity index (χ4v) is 2.54. The van der Waals surface area contributed by atoms with E-state index >= 15 is 0 Å². The van der Waals surface area contributed by atoms with Gasteiger partial charge < -0.3 is 25.4 Å². The first-order chi connectivity index (χ1) is 11.7. The highest BCUT2D eigenvalue weighted by molar-refractivity contribution is 9.10. The third kappa shape index (κ3) is 4.80. The molecule has 0 saturated carbocycles. The summed E-state index contributed by atoms with van der Waals surface area (Å²) in [6, 6.07) is 7.78. The van der Waals surface area contributed by atoms with E-state index in [1.807, 2.05) is 29.2 Å². The number of rotatable bonds is 9. The standard InChI is InChI=1S/C16H22BrN5O2/c1-23-9-7-22(8-10-24-2)16-14(18)15(19-11-20-16)21-13-6-4-3-5-12(13)17/h3-6,11H,7-10,18H2,1-2H3,(H,19,20,21). The summed E-state index contributed by atoms with van der Waals surface area (Å²) >= 11 is 3.50. The number of methoxy groups -OCH3 is 2. The van der Waals surface area contributed by atoms with Gasteiger partial charge in [-0.05, 0) is 28.1 Å². The Hall–Kier alpha value is -1.90. The van der Waals surface area contributed by atoms with Gasteiger partial charge in [0.1, 0.15) is 12.0 Å². The Morgan fingerprint density at radius 2 is 1.79 bits per heavy atom. The highest BCUT2D eigenvalue weighted by Gasteiger charge is 2.15. The minimum absolute atomic E-state index is 0.487. The van der Waals surface area contributed by atoms with Crippen molar-refractivity contribution in [2.24, 2.45) is 0 Å². The maximum atomic E-state index is 6.30. The van der Waals surface area contributed by atoms with Gasteiger partial charge in [0.15, 0.2) is 11.6 Å². The Bertz CT molecular complexity index is 648. The van der Waals surface area contributed by atoms with Crippen LogP contribution in [0.3, 0.4) is 0 Å². The molecule has 1 aromatic carbocycles. The van der Waals surface area contributed by atoms with Gasteiger partial charge in [0.25, 0.3) is 0 Å². The molecule has 0 spiro atoms. The highest BCUT2D eigenvalue weighted by atomic mass is 79.9. The average molecular weight is 396 g/mol. The van der Waals surface area contributed by atoms with Crippen LogP contribution in [0.4, 0.5) is 23.0 Å². The molecule has 3 N–H and O–H groups in total. The molecular weight excluding hydrogens is 374 g/mol. The Morgan fingerprint density at radius 1 is 1.12 bits per heavy atom. The summed E-state index contributed by atoms with van der Waals surface area (Å²) in [5, 5.41) is 3.24. The normalized spacial score (nSPS) is 10.6. The third-order valence-corrected chi connectivity index (χ3v) is 4.11. The fourth-order valence-electron chi connectivity index (χ4n) is 2.15. The zero-order valence-electron chi connectivity index (χ0n) is 13.8. The molecule has 0 saturated heterocycles. The number of hydrogen-bond donors (Lipinski definition) is 2. The highest BCUT2D eigenvalue weighted by Crippen LogP contribution is 2.31. The van der Waals surface area contributed by atoms with Gasteiger partial charge in [-0.25, -0.2) is 9.97 Å². The maximum absolute atomic E-state index is 6.30. The summed E-state index contributed by atoms with van der Waals surface area (Å²) in [6.07, 6.45) is 1.50. The van der Waals surface area contributed by atoms with E-state index in [2.05, 4.69) is 31.2 Å². The van der Waals surface area contributed by atoms with Crippen LogP contribution in [0.1, 0.15) is 0 Å². The minimum atomic E-state index is 0.487. The molecule has 24 heavy (non-hydrogen) atoms. The molecule has 0 bridgehead atoms. The van der Waals surface area contributed by atoms with Crippen molar-refractivity contribution in [1.82, 2.24) is 9.97 Å². The van der Waals surface area contributed by atoms with Crippen LogP contribution in [-0.4, -0.2) is 50.5 Å². The summed E-state index contributed by atoms with van der Waals surface area (Å²) in [7, 11) is 3.33. The largest absolute Gasteiger partial charge is 0.393 e. The molecule has 0 fully saturated rings. The number of benzene rings is 1. The van der Waals surface area contributed by atoms with Crippen molar-refractivity contribution in [3.05, 3.63) is 35.1 Å². The number of aromatic nitrogens is 2. The topological polar surface area (TPSA) is 85.5 Å². The fraction of sp³-hybridized carbons (Fsp3) is 0.375. The first kappa shape index (κ1) is 18.4. The summed E-state index contributed by atoms with van der Waals surface area (Å²) in [4.78, 5) is 10.6. The van der Waals surface area contributed by atoms with E-state index in [0.717, 1.165) is 10.2 Å². The molecule has 1 aromatic heterocycles. The molecule has 0 atom stereocenters. The van der Waals surface area contributed by atoms with Crippen molar-refractivity contribution in [3.63, 3.8) is 0 Å². The summed E-state index contributed by atoms with van der Waals surface area (Å²) in [5.74, 6) is 1.22. The Morgan fingerprint density at radius 3 is 2.42 bits per heavy atom. The molecule has 1 heterocycles. The average Bonchev–Trinajstić information content (AvgIpc) is 2.59. The zero-order valence-corrected chi connectivity index (χ0v) is 15.4. The van der Waals surface area contributed by atoms with Gasteiger partial charge in [-0.1, -0.05) is 12.1 Å². The molecule has 0 aliphatic carbocycles. The number of nitrogen functional groups attached to an aromatic ring is 1. The summed E-state index contributed by atoms with van der Waals surface area (Å²) in [6.45, 7) is 2.46. The molecule has 2 aromatic rings. The van der Waals surface area contributed by atoms with E-state index < -0.39 is 0 Å². The number of para-hydroxylation sites is 1. The van der Waals surface area contributed by atoms with Crippen LogP contribution in [0, 0.1) is 0 Å². The van der Waals surface area contributed by atoms with Gasteiger partial charge >= 0.3 is 0 Å². The number of hydrogen-bond acceptors (Lipinski definition) is 7. The van der Waals surface area contributed by atoms with E-state index in [4.69, 9.17) is 15.2 Å². The molecule has 0 aliphatic rings. The quantitative estimate of drug-likeness (QED) is 0.674. The molecule has 0 aliphatic heterocycles. The number of nitrogens with zero attached hydrogens (tertiary/aromatic N) is 3. The monoisotopic (exact) mass is 395 g/mol. The van der Waals surface area contributed by atoms with Crippen LogP contribution in [0.5, 0.6) is 0 Å². The van der Waals surface area contributed by atoms with Crippen LogP contribution >= 0.6 is 15.9 Å². The van der Waals surface area contributed by atoms with Crippen LogP contribution < -0.4 is 16.0 Å². The van der Waals surface area contributed by atoms with Crippen molar-refractivity contribution in [3.8, 4) is 0 Å². The lowest BCUT2D eigenvalue weighted by atomic mass is 10.3. The molecule has 0 amide bonds. The van der Waals surface area contributed by atoms with Crippen molar-refractivity contribution in [2.75, 3.05) is 56.5 Å². The van der Waals surface area contributed by atoms with E-state index in [-0.39, 0.29) is 0 Å². The van der Waals surface area contributed by atoms with Gasteiger partial charge in [0.2, 0.25) is 0 Å². The molecule has 8 heteroatoms. The van der Waals surface area contributed by atoms with Crippen molar-refractivity contribution >= 4 is 38.9 Å². The number of nitrogens with two attached hydrogens (primary N) is 1. The molecule has 130 valence electrons. The van der Waals surface area contributed by atoms with Crippen molar-refractivity contribution in [2.45, 2.75) is 0 Å². The minimum Gasteiger partial charge on any atom is -0.393 e. The van der Waals surface area contributed by atoms with Crippen molar-refractivity contribution < 1.29 is 9.47 Å². The third-order valence-electron chi connectivity index (χ3n) is 3.42. The van der Waals surface area contributed by atoms with E-state index in [9.17, 15) is 0 Å². The van der Waals surface area contributed by atoms with E-state index in [1.165, 1.54) is 6.33 Å². The van der Waals surface area contributed by atoms with Crippen molar-refractivity contribution in [1.29, 1.82) is 0 Å². The molecule has 0 unspecified atom stereocenters. The van der Waals surface area contributed by atoms with Gasteiger partial charge in [-0.2, -0.15) is 0 Å². The summed E-state index contributed by atoms with van der Waals surface area (Å²) < 4.78 is 11.3. The number of nitrogens with one attached hydrogen (secondary N) is 1. The molecule has 0 radical (unpaired) electrons. The number of ether oxygens (including phenoxy) is 2. The van der Waals surface area contributed by atoms with Gasteiger partial charge in [-0.15, -0.1) is 0 Å². The smallest absolute Gasteiger partial charge is 0.159 e. The second-order valence-electron chi connectivity index (χ2n) is 5.04. The first-order valence-corrected chi connectivity index (χ1v) is 8.31. The lowest BCUT2D eigenvalue weighted by molar-refractivity contribution is 0.190.